The second-order valence-electron chi connectivity index (χ2n) is 3.90. The minimum atomic E-state index is -0.409. The van der Waals surface area contributed by atoms with Gasteiger partial charge in [0.25, 0.3) is 5.95 Å². The van der Waals surface area contributed by atoms with Crippen molar-refractivity contribution in [1.82, 2.24) is 19.7 Å². The van der Waals surface area contributed by atoms with E-state index in [0.29, 0.717) is 30.0 Å². The Kier molecular flexibility index (Phi) is 3.41. The van der Waals surface area contributed by atoms with Gasteiger partial charge in [0.15, 0.2) is 0 Å². The van der Waals surface area contributed by atoms with Crippen LogP contribution in [0.3, 0.4) is 0 Å². The summed E-state index contributed by atoms with van der Waals surface area (Å²) in [6, 6.07) is 1.55. The van der Waals surface area contributed by atoms with Crippen LogP contribution in [0.1, 0.15) is 25.2 Å². The molecule has 2 rings (SSSR count). The molecular weight excluding hydrogens is 248 g/mol. The molecule has 0 saturated heterocycles. The lowest BCUT2D eigenvalue weighted by molar-refractivity contribution is -0.386. The van der Waals surface area contributed by atoms with Crippen LogP contribution in [0, 0.1) is 10.1 Å². The molecular formula is C11H14N6O2. The Morgan fingerprint density at radius 3 is 2.68 bits per heavy atom. The molecule has 0 fully saturated rings. The first kappa shape index (κ1) is 12.9. The fourth-order valence-corrected chi connectivity index (χ4v) is 1.89. The quantitative estimate of drug-likeness (QED) is 0.655. The zero-order valence-corrected chi connectivity index (χ0v) is 10.7. The van der Waals surface area contributed by atoms with E-state index in [0.717, 1.165) is 0 Å². The third-order valence-corrected chi connectivity index (χ3v) is 2.73. The predicted molar refractivity (Wildman–Crippen MR) is 69.0 cm³/mol. The van der Waals surface area contributed by atoms with E-state index in [2.05, 4.69) is 15.1 Å². The molecule has 0 aromatic carbocycles. The van der Waals surface area contributed by atoms with E-state index in [1.807, 2.05) is 13.8 Å². The molecule has 0 unspecified atom stereocenters. The van der Waals surface area contributed by atoms with Crippen molar-refractivity contribution in [2.75, 3.05) is 5.73 Å². The zero-order chi connectivity index (χ0) is 14.0. The highest BCUT2D eigenvalue weighted by Crippen LogP contribution is 2.26. The lowest BCUT2D eigenvalue weighted by atomic mass is 10.2. The van der Waals surface area contributed by atoms with E-state index in [-0.39, 0.29) is 11.6 Å². The molecule has 19 heavy (non-hydrogen) atoms. The average molecular weight is 262 g/mol. The van der Waals surface area contributed by atoms with Gasteiger partial charge in [0.05, 0.1) is 4.92 Å². The molecule has 0 amide bonds. The SMILES string of the molecule is CCc1nn(-c2nccc(N)n2)c(CC)c1[N+](=O)[O-]. The molecule has 2 N–H and O–H groups in total. The minimum absolute atomic E-state index is 0.0380. The summed E-state index contributed by atoms with van der Waals surface area (Å²) >= 11 is 0. The van der Waals surface area contributed by atoms with Crippen LogP contribution in [0.4, 0.5) is 11.5 Å². The highest BCUT2D eigenvalue weighted by molar-refractivity contribution is 5.44. The summed E-state index contributed by atoms with van der Waals surface area (Å²) in [5, 5.41) is 15.4. The van der Waals surface area contributed by atoms with E-state index in [9.17, 15) is 10.1 Å². The Morgan fingerprint density at radius 1 is 1.42 bits per heavy atom. The molecule has 0 aliphatic carbocycles. The smallest absolute Gasteiger partial charge is 0.313 e. The first-order chi connectivity index (χ1) is 9.08. The van der Waals surface area contributed by atoms with Crippen molar-refractivity contribution < 1.29 is 4.92 Å². The number of anilines is 1. The number of nitro groups is 1. The largest absolute Gasteiger partial charge is 0.384 e. The maximum Gasteiger partial charge on any atom is 0.313 e. The average Bonchev–Trinajstić information content (AvgIpc) is 2.77. The van der Waals surface area contributed by atoms with Crippen molar-refractivity contribution in [2.24, 2.45) is 0 Å². The number of hydrogen-bond donors (Lipinski definition) is 1. The zero-order valence-electron chi connectivity index (χ0n) is 10.7. The van der Waals surface area contributed by atoms with Gasteiger partial charge in [0, 0.05) is 6.20 Å². The molecule has 0 aliphatic rings. The van der Waals surface area contributed by atoms with Crippen LogP contribution < -0.4 is 5.73 Å². The second-order valence-corrected chi connectivity index (χ2v) is 3.90. The van der Waals surface area contributed by atoms with Gasteiger partial charge < -0.3 is 5.73 Å². The van der Waals surface area contributed by atoms with E-state index >= 15 is 0 Å². The summed E-state index contributed by atoms with van der Waals surface area (Å²) in [7, 11) is 0. The van der Waals surface area contributed by atoms with Crippen LogP contribution in [0.15, 0.2) is 12.3 Å². The first-order valence-electron chi connectivity index (χ1n) is 5.92. The highest BCUT2D eigenvalue weighted by atomic mass is 16.6. The first-order valence-corrected chi connectivity index (χ1v) is 5.92. The molecule has 2 aromatic rings. The van der Waals surface area contributed by atoms with Crippen molar-refractivity contribution in [3.63, 3.8) is 0 Å². The van der Waals surface area contributed by atoms with Crippen LogP contribution in [0.2, 0.25) is 0 Å². The summed E-state index contributed by atoms with van der Waals surface area (Å²) in [4.78, 5) is 18.8. The van der Waals surface area contributed by atoms with Crippen molar-refractivity contribution in [1.29, 1.82) is 0 Å². The summed E-state index contributed by atoms with van der Waals surface area (Å²) in [6.45, 7) is 3.64. The Morgan fingerprint density at radius 2 is 2.16 bits per heavy atom. The highest BCUT2D eigenvalue weighted by Gasteiger charge is 2.26. The number of nitrogens with zero attached hydrogens (tertiary/aromatic N) is 5. The van der Waals surface area contributed by atoms with Gasteiger partial charge in [0.2, 0.25) is 0 Å². The van der Waals surface area contributed by atoms with Crippen molar-refractivity contribution in [3.05, 3.63) is 33.8 Å². The molecule has 0 bridgehead atoms. The number of aromatic nitrogens is 4. The van der Waals surface area contributed by atoms with Crippen LogP contribution >= 0.6 is 0 Å². The normalized spacial score (nSPS) is 10.6. The molecule has 2 aromatic heterocycles. The molecule has 8 nitrogen and oxygen atoms in total. The van der Waals surface area contributed by atoms with Crippen LogP contribution in [-0.4, -0.2) is 24.7 Å². The maximum atomic E-state index is 11.2. The number of nitrogen functional groups attached to an aromatic ring is 1. The predicted octanol–water partition coefficient (Wildman–Crippen LogP) is 1.28. The number of nitrogens with two attached hydrogens (primary N) is 1. The lowest BCUT2D eigenvalue weighted by Gasteiger charge is -2.03. The van der Waals surface area contributed by atoms with Gasteiger partial charge in [-0.3, -0.25) is 10.1 Å². The number of hydrogen-bond acceptors (Lipinski definition) is 6. The van der Waals surface area contributed by atoms with Gasteiger partial charge in [-0.05, 0) is 18.9 Å². The molecule has 0 atom stereocenters. The fourth-order valence-electron chi connectivity index (χ4n) is 1.89. The number of rotatable bonds is 4. The Hall–Kier alpha value is -2.51. The second kappa shape index (κ2) is 5.01. The molecule has 0 saturated carbocycles. The molecule has 0 aliphatic heterocycles. The summed E-state index contributed by atoms with van der Waals surface area (Å²) in [6.07, 6.45) is 2.43. The van der Waals surface area contributed by atoms with E-state index in [1.165, 1.54) is 10.9 Å². The van der Waals surface area contributed by atoms with E-state index < -0.39 is 4.92 Å². The summed E-state index contributed by atoms with van der Waals surface area (Å²) < 4.78 is 1.40. The summed E-state index contributed by atoms with van der Waals surface area (Å²) in [5.41, 5.74) is 6.54. The Labute approximate surface area is 109 Å². The molecule has 8 heteroatoms. The van der Waals surface area contributed by atoms with Crippen LogP contribution in [-0.2, 0) is 12.8 Å². The van der Waals surface area contributed by atoms with Gasteiger partial charge in [-0.25, -0.2) is 4.98 Å². The minimum Gasteiger partial charge on any atom is -0.384 e. The maximum absolute atomic E-state index is 11.2. The van der Waals surface area contributed by atoms with Crippen LogP contribution in [0.25, 0.3) is 5.95 Å². The third kappa shape index (κ3) is 2.24. The third-order valence-electron chi connectivity index (χ3n) is 2.73. The molecule has 2 heterocycles. The fraction of sp³-hybridized carbons (Fsp3) is 0.364. The van der Waals surface area contributed by atoms with Gasteiger partial charge >= 0.3 is 5.69 Å². The van der Waals surface area contributed by atoms with Gasteiger partial charge in [-0.2, -0.15) is 14.8 Å². The van der Waals surface area contributed by atoms with Gasteiger partial charge in [-0.1, -0.05) is 13.8 Å². The molecule has 0 radical (unpaired) electrons. The molecule has 0 spiro atoms. The van der Waals surface area contributed by atoms with Crippen LogP contribution in [0.5, 0.6) is 0 Å². The van der Waals surface area contributed by atoms with Gasteiger partial charge in [0.1, 0.15) is 17.2 Å². The van der Waals surface area contributed by atoms with Crippen molar-refractivity contribution in [2.45, 2.75) is 26.7 Å². The van der Waals surface area contributed by atoms with Crippen molar-refractivity contribution >= 4 is 11.5 Å². The Bertz CT molecular complexity index is 622. The number of aryl methyl sites for hydroxylation is 1. The Balaban J connectivity index is 2.67. The molecule has 100 valence electrons. The summed E-state index contributed by atoms with van der Waals surface area (Å²) in [5.74, 6) is 0.544. The van der Waals surface area contributed by atoms with E-state index in [1.54, 1.807) is 6.07 Å². The van der Waals surface area contributed by atoms with Gasteiger partial charge in [-0.15, -0.1) is 0 Å². The monoisotopic (exact) mass is 262 g/mol. The standard InChI is InChI=1S/C11H14N6O2/c1-3-7-10(17(18)19)8(4-2)16(15-7)11-13-6-5-9(12)14-11/h5-6H,3-4H2,1-2H3,(H2,12,13,14). The van der Waals surface area contributed by atoms with E-state index in [4.69, 9.17) is 5.73 Å². The van der Waals surface area contributed by atoms with Crippen molar-refractivity contribution in [3.8, 4) is 5.95 Å². The topological polar surface area (TPSA) is 113 Å². The lowest BCUT2D eigenvalue weighted by Crippen LogP contribution is -2.08.